The Hall–Kier alpha value is -1.35. The molecule has 0 aromatic heterocycles. The van der Waals surface area contributed by atoms with Crippen LogP contribution in [0.5, 0.6) is 0 Å². The number of carbonyl (C=O) groups is 1. The van der Waals surface area contributed by atoms with E-state index in [1.54, 1.807) is 0 Å². The van der Waals surface area contributed by atoms with Gasteiger partial charge < -0.3 is 10.5 Å². The van der Waals surface area contributed by atoms with Gasteiger partial charge in [-0.25, -0.2) is 0 Å². The Morgan fingerprint density at radius 2 is 1.81 bits per heavy atom. The van der Waals surface area contributed by atoms with E-state index in [1.807, 2.05) is 30.3 Å². The van der Waals surface area contributed by atoms with Crippen molar-refractivity contribution in [2.45, 2.75) is 58.9 Å². The Labute approximate surface area is 128 Å². The molecule has 0 aliphatic carbocycles. The summed E-state index contributed by atoms with van der Waals surface area (Å²) >= 11 is 0. The average molecular weight is 291 g/mol. The molecule has 0 aliphatic rings. The smallest absolute Gasteiger partial charge is 0.307 e. The van der Waals surface area contributed by atoms with E-state index in [0.717, 1.165) is 18.4 Å². The minimum Gasteiger partial charge on any atom is -0.466 e. The molecule has 21 heavy (non-hydrogen) atoms. The van der Waals surface area contributed by atoms with Gasteiger partial charge in [0.25, 0.3) is 0 Å². The first-order chi connectivity index (χ1) is 9.88. The summed E-state index contributed by atoms with van der Waals surface area (Å²) in [4.78, 5) is 11.7. The van der Waals surface area contributed by atoms with Crippen molar-refractivity contribution in [2.24, 2.45) is 11.1 Å². The third-order valence-electron chi connectivity index (χ3n) is 3.45. The number of nitrogens with two attached hydrogens (primary N) is 1. The van der Waals surface area contributed by atoms with Gasteiger partial charge in [0, 0.05) is 6.04 Å². The molecule has 2 N–H and O–H groups in total. The minimum atomic E-state index is -0.278. The molecule has 0 amide bonds. The van der Waals surface area contributed by atoms with Gasteiger partial charge >= 0.3 is 5.97 Å². The highest BCUT2D eigenvalue weighted by Gasteiger charge is 2.12. The number of ether oxygens (including phenoxy) is 1. The zero-order valence-electron chi connectivity index (χ0n) is 13.6. The minimum absolute atomic E-state index is 0.206. The normalized spacial score (nSPS) is 13.0. The van der Waals surface area contributed by atoms with Crippen LogP contribution in [0.3, 0.4) is 0 Å². The second-order valence-corrected chi connectivity index (χ2v) is 6.81. The number of unbranched alkanes of at least 4 members (excludes halogenated alkanes) is 2. The molecule has 0 spiro atoms. The maximum absolute atomic E-state index is 11.7. The fourth-order valence-electron chi connectivity index (χ4n) is 2.18. The van der Waals surface area contributed by atoms with Crippen LogP contribution < -0.4 is 5.73 Å². The van der Waals surface area contributed by atoms with Gasteiger partial charge in [-0.1, -0.05) is 63.9 Å². The molecule has 1 aromatic rings. The first-order valence-corrected chi connectivity index (χ1v) is 7.84. The fraction of sp³-hybridized carbons (Fsp3) is 0.611. The summed E-state index contributed by atoms with van der Waals surface area (Å²) in [6.45, 7) is 7.25. The van der Waals surface area contributed by atoms with Crippen LogP contribution in [0.15, 0.2) is 30.3 Å². The first-order valence-electron chi connectivity index (χ1n) is 7.84. The molecular formula is C18H29NO2. The van der Waals surface area contributed by atoms with Crippen LogP contribution in [0, 0.1) is 5.41 Å². The molecular weight excluding hydrogens is 262 g/mol. The van der Waals surface area contributed by atoms with Crippen molar-refractivity contribution in [1.29, 1.82) is 0 Å². The summed E-state index contributed by atoms with van der Waals surface area (Å²) in [7, 11) is 0. The maximum Gasteiger partial charge on any atom is 0.307 e. The van der Waals surface area contributed by atoms with Gasteiger partial charge in [0.2, 0.25) is 0 Å². The predicted octanol–water partition coefficient (Wildman–Crippen LogP) is 4.23. The number of benzene rings is 1. The van der Waals surface area contributed by atoms with Crippen LogP contribution in [-0.2, 0) is 9.53 Å². The lowest BCUT2D eigenvalue weighted by atomic mass is 9.89. The Bertz CT molecular complexity index is 409. The monoisotopic (exact) mass is 291 g/mol. The molecule has 1 aromatic carbocycles. The Balaban J connectivity index is 2.12. The third-order valence-corrected chi connectivity index (χ3v) is 3.45. The van der Waals surface area contributed by atoms with Crippen LogP contribution in [0.1, 0.15) is 64.5 Å². The Morgan fingerprint density at radius 3 is 2.43 bits per heavy atom. The largest absolute Gasteiger partial charge is 0.466 e. The number of carbonyl (C=O) groups excluding carboxylic acids is 1. The number of hydrogen-bond acceptors (Lipinski definition) is 3. The highest BCUT2D eigenvalue weighted by atomic mass is 16.5. The molecule has 0 saturated heterocycles. The fourth-order valence-corrected chi connectivity index (χ4v) is 2.18. The molecule has 118 valence electrons. The van der Waals surface area contributed by atoms with Crippen molar-refractivity contribution in [3.05, 3.63) is 35.9 Å². The van der Waals surface area contributed by atoms with Gasteiger partial charge in [-0.3, -0.25) is 4.79 Å². The molecule has 0 aliphatic heterocycles. The number of esters is 1. The summed E-state index contributed by atoms with van der Waals surface area (Å²) in [5, 5.41) is 0. The molecule has 1 atom stereocenters. The molecule has 1 rings (SSSR count). The van der Waals surface area contributed by atoms with E-state index in [-0.39, 0.29) is 18.4 Å². The van der Waals surface area contributed by atoms with E-state index < -0.39 is 0 Å². The van der Waals surface area contributed by atoms with Gasteiger partial charge in [-0.15, -0.1) is 0 Å². The lowest BCUT2D eigenvalue weighted by Gasteiger charge is -2.17. The van der Waals surface area contributed by atoms with Gasteiger partial charge in [-0.05, 0) is 23.8 Å². The highest BCUT2D eigenvalue weighted by molar-refractivity contribution is 5.70. The maximum atomic E-state index is 11.7. The third kappa shape index (κ3) is 8.51. The summed E-state index contributed by atoms with van der Waals surface area (Å²) in [6, 6.07) is 9.38. The number of hydrogen-bond donors (Lipinski definition) is 1. The van der Waals surface area contributed by atoms with E-state index in [1.165, 1.54) is 12.8 Å². The van der Waals surface area contributed by atoms with Crippen molar-refractivity contribution >= 4 is 5.97 Å². The summed E-state index contributed by atoms with van der Waals surface area (Å²) in [6.07, 6.45) is 4.67. The van der Waals surface area contributed by atoms with Crippen molar-refractivity contribution in [3.63, 3.8) is 0 Å². The lowest BCUT2D eigenvalue weighted by Crippen LogP contribution is -2.17. The van der Waals surface area contributed by atoms with Crippen LogP contribution in [-0.4, -0.2) is 12.6 Å². The first kappa shape index (κ1) is 17.7. The molecule has 1 unspecified atom stereocenters. The molecule has 0 bridgehead atoms. The molecule has 3 nitrogen and oxygen atoms in total. The number of rotatable bonds is 8. The van der Waals surface area contributed by atoms with Crippen molar-refractivity contribution in [1.82, 2.24) is 0 Å². The Kier molecular flexibility index (Phi) is 7.44. The molecule has 3 heteroatoms. The molecule has 0 radical (unpaired) electrons. The van der Waals surface area contributed by atoms with E-state index in [2.05, 4.69) is 20.8 Å². The molecule has 0 heterocycles. The topological polar surface area (TPSA) is 52.3 Å². The quantitative estimate of drug-likeness (QED) is 0.576. The van der Waals surface area contributed by atoms with Gasteiger partial charge in [0.05, 0.1) is 13.0 Å². The van der Waals surface area contributed by atoms with E-state index in [9.17, 15) is 4.79 Å². The zero-order valence-corrected chi connectivity index (χ0v) is 13.6. The molecule has 0 fully saturated rings. The van der Waals surface area contributed by atoms with Crippen LogP contribution in [0.4, 0.5) is 0 Å². The summed E-state index contributed by atoms with van der Waals surface area (Å²) in [5.74, 6) is -0.206. The van der Waals surface area contributed by atoms with Crippen LogP contribution in [0.2, 0.25) is 0 Å². The lowest BCUT2D eigenvalue weighted by molar-refractivity contribution is -0.144. The van der Waals surface area contributed by atoms with Crippen molar-refractivity contribution < 1.29 is 9.53 Å². The van der Waals surface area contributed by atoms with Gasteiger partial charge in [0.15, 0.2) is 0 Å². The van der Waals surface area contributed by atoms with E-state index in [0.29, 0.717) is 12.0 Å². The van der Waals surface area contributed by atoms with E-state index in [4.69, 9.17) is 10.5 Å². The average Bonchev–Trinajstić information content (AvgIpc) is 2.42. The van der Waals surface area contributed by atoms with Crippen LogP contribution >= 0.6 is 0 Å². The van der Waals surface area contributed by atoms with Crippen molar-refractivity contribution in [2.75, 3.05) is 6.61 Å². The van der Waals surface area contributed by atoms with Crippen molar-refractivity contribution in [3.8, 4) is 0 Å². The SMILES string of the molecule is CC(C)(C)CCCCCOC(=O)CC(N)c1ccccc1. The summed E-state index contributed by atoms with van der Waals surface area (Å²) in [5.41, 5.74) is 7.35. The highest BCUT2D eigenvalue weighted by Crippen LogP contribution is 2.22. The van der Waals surface area contributed by atoms with Gasteiger partial charge in [0.1, 0.15) is 0 Å². The molecule has 0 saturated carbocycles. The van der Waals surface area contributed by atoms with Gasteiger partial charge in [-0.2, -0.15) is 0 Å². The zero-order chi connectivity index (χ0) is 15.7. The summed E-state index contributed by atoms with van der Waals surface area (Å²) < 4.78 is 5.25. The van der Waals surface area contributed by atoms with E-state index >= 15 is 0 Å². The standard InChI is InChI=1S/C18H29NO2/c1-18(2,3)12-8-5-9-13-21-17(20)14-16(19)15-10-6-4-7-11-15/h4,6-7,10-11,16H,5,8-9,12-14,19H2,1-3H3. The van der Waals surface area contributed by atoms with Crippen LogP contribution in [0.25, 0.3) is 0 Å². The second kappa shape index (κ2) is 8.83. The Morgan fingerprint density at radius 1 is 1.14 bits per heavy atom. The second-order valence-electron chi connectivity index (χ2n) is 6.81. The predicted molar refractivity (Wildman–Crippen MR) is 86.9 cm³/mol.